The summed E-state index contributed by atoms with van der Waals surface area (Å²) in [6.45, 7) is 2.37. The lowest BCUT2D eigenvalue weighted by Crippen LogP contribution is -2.19. The number of hydrogen-bond acceptors (Lipinski definition) is 6. The summed E-state index contributed by atoms with van der Waals surface area (Å²) in [5, 5.41) is 8.65. The highest BCUT2D eigenvalue weighted by Crippen LogP contribution is 2.34. The van der Waals surface area contributed by atoms with Crippen molar-refractivity contribution in [1.29, 1.82) is 0 Å². The van der Waals surface area contributed by atoms with E-state index in [0.29, 0.717) is 0 Å². The summed E-state index contributed by atoms with van der Waals surface area (Å²) < 4.78 is 8.50. The standard InChI is InChI=1S/C13H15N3OS3/c1-17-6-4-14-9-10-12(20-11-3-2-7-18-11)15-13-16(10)5-8-19-13/h2-3,5,7-8,14H,4,6,9H2,1H3. The van der Waals surface area contributed by atoms with Crippen molar-refractivity contribution in [2.45, 2.75) is 15.8 Å². The Kier molecular flexibility index (Phi) is 4.74. The van der Waals surface area contributed by atoms with Crippen molar-refractivity contribution in [3.05, 3.63) is 34.8 Å². The third-order valence-corrected chi connectivity index (χ3v) is 5.61. The molecule has 0 saturated carbocycles. The maximum Gasteiger partial charge on any atom is 0.194 e. The van der Waals surface area contributed by atoms with Crippen LogP contribution in [0.3, 0.4) is 0 Å². The third-order valence-electron chi connectivity index (χ3n) is 2.79. The molecule has 0 aromatic carbocycles. The molecule has 3 rings (SSSR count). The van der Waals surface area contributed by atoms with Gasteiger partial charge in [-0.2, -0.15) is 0 Å². The number of nitrogens with zero attached hydrogens (tertiary/aromatic N) is 2. The SMILES string of the molecule is COCCNCc1c(Sc2cccs2)nc2sccn12. The van der Waals surface area contributed by atoms with Crippen molar-refractivity contribution in [2.24, 2.45) is 0 Å². The van der Waals surface area contributed by atoms with Crippen molar-refractivity contribution < 1.29 is 4.74 Å². The molecule has 0 fully saturated rings. The Hall–Kier alpha value is -0.860. The minimum absolute atomic E-state index is 0.721. The maximum atomic E-state index is 5.06. The van der Waals surface area contributed by atoms with E-state index >= 15 is 0 Å². The van der Waals surface area contributed by atoms with E-state index in [0.717, 1.165) is 29.7 Å². The number of methoxy groups -OCH3 is 1. The topological polar surface area (TPSA) is 38.6 Å². The van der Waals surface area contributed by atoms with Crippen LogP contribution in [0.4, 0.5) is 0 Å². The second-order valence-corrected chi connectivity index (χ2v) is 7.23. The second kappa shape index (κ2) is 6.73. The first-order valence-electron chi connectivity index (χ1n) is 6.24. The first kappa shape index (κ1) is 14.1. The van der Waals surface area contributed by atoms with Gasteiger partial charge in [-0.3, -0.25) is 4.40 Å². The number of nitrogens with one attached hydrogen (secondary N) is 1. The Balaban J connectivity index is 1.80. The van der Waals surface area contributed by atoms with Crippen molar-refractivity contribution in [3.63, 3.8) is 0 Å². The molecule has 3 aromatic rings. The lowest BCUT2D eigenvalue weighted by Gasteiger charge is -2.05. The first-order chi connectivity index (χ1) is 9.88. The lowest BCUT2D eigenvalue weighted by molar-refractivity contribution is 0.199. The zero-order chi connectivity index (χ0) is 13.8. The van der Waals surface area contributed by atoms with Gasteiger partial charge in [0.2, 0.25) is 0 Å². The number of hydrogen-bond donors (Lipinski definition) is 1. The van der Waals surface area contributed by atoms with Gasteiger partial charge >= 0.3 is 0 Å². The average Bonchev–Trinajstić information content (AvgIpc) is 3.14. The van der Waals surface area contributed by atoms with Gasteiger partial charge in [-0.15, -0.1) is 22.7 Å². The van der Waals surface area contributed by atoms with Gasteiger partial charge in [-0.25, -0.2) is 4.98 Å². The monoisotopic (exact) mass is 325 g/mol. The van der Waals surface area contributed by atoms with Gasteiger partial charge < -0.3 is 10.1 Å². The van der Waals surface area contributed by atoms with E-state index < -0.39 is 0 Å². The zero-order valence-electron chi connectivity index (χ0n) is 11.0. The highest BCUT2D eigenvalue weighted by Gasteiger charge is 2.14. The minimum Gasteiger partial charge on any atom is -0.383 e. The summed E-state index contributed by atoms with van der Waals surface area (Å²) >= 11 is 5.15. The molecule has 1 N–H and O–H groups in total. The van der Waals surface area contributed by atoms with E-state index in [1.165, 1.54) is 9.90 Å². The number of imidazole rings is 1. The molecule has 0 aliphatic rings. The average molecular weight is 325 g/mol. The molecule has 0 amide bonds. The normalized spacial score (nSPS) is 11.4. The Morgan fingerprint density at radius 2 is 2.35 bits per heavy atom. The molecule has 3 aromatic heterocycles. The largest absolute Gasteiger partial charge is 0.383 e. The Morgan fingerprint density at radius 3 is 3.15 bits per heavy atom. The number of ether oxygens (including phenoxy) is 1. The van der Waals surface area contributed by atoms with Crippen LogP contribution in [-0.4, -0.2) is 29.6 Å². The smallest absolute Gasteiger partial charge is 0.194 e. The van der Waals surface area contributed by atoms with Crippen LogP contribution in [0.25, 0.3) is 4.96 Å². The highest BCUT2D eigenvalue weighted by molar-refractivity contribution is 8.01. The molecule has 0 unspecified atom stereocenters. The molecule has 0 spiro atoms. The van der Waals surface area contributed by atoms with Crippen LogP contribution in [0.1, 0.15) is 5.69 Å². The number of fused-ring (bicyclic) bond motifs is 1. The maximum absolute atomic E-state index is 5.06. The van der Waals surface area contributed by atoms with Crippen LogP contribution in [0.5, 0.6) is 0 Å². The van der Waals surface area contributed by atoms with Crippen molar-refractivity contribution in [1.82, 2.24) is 14.7 Å². The number of rotatable bonds is 7. The highest BCUT2D eigenvalue weighted by atomic mass is 32.2. The van der Waals surface area contributed by atoms with Gasteiger partial charge in [0.25, 0.3) is 0 Å². The predicted octanol–water partition coefficient (Wildman–Crippen LogP) is 3.34. The van der Waals surface area contributed by atoms with E-state index in [1.54, 1.807) is 41.5 Å². The summed E-state index contributed by atoms with van der Waals surface area (Å²) in [4.78, 5) is 5.78. The lowest BCUT2D eigenvalue weighted by atomic mass is 10.4. The molecular weight excluding hydrogens is 310 g/mol. The summed E-state index contributed by atoms with van der Waals surface area (Å²) in [5.41, 5.74) is 1.22. The van der Waals surface area contributed by atoms with Crippen LogP contribution in [0.15, 0.2) is 38.3 Å². The number of thiophene rings is 1. The van der Waals surface area contributed by atoms with E-state index in [9.17, 15) is 0 Å². The fourth-order valence-corrected chi connectivity index (χ4v) is 4.45. The van der Waals surface area contributed by atoms with Gasteiger partial charge in [-0.05, 0) is 11.4 Å². The van der Waals surface area contributed by atoms with Crippen LogP contribution in [-0.2, 0) is 11.3 Å². The van der Waals surface area contributed by atoms with Gasteiger partial charge in [-0.1, -0.05) is 17.8 Å². The molecule has 7 heteroatoms. The van der Waals surface area contributed by atoms with Crippen LogP contribution >= 0.6 is 34.4 Å². The molecule has 106 valence electrons. The minimum atomic E-state index is 0.721. The van der Waals surface area contributed by atoms with Gasteiger partial charge in [0.05, 0.1) is 16.5 Å². The molecule has 4 nitrogen and oxygen atoms in total. The Labute approximate surface area is 129 Å². The molecule has 3 heterocycles. The van der Waals surface area contributed by atoms with E-state index in [1.807, 2.05) is 0 Å². The zero-order valence-corrected chi connectivity index (χ0v) is 13.5. The number of aromatic nitrogens is 2. The predicted molar refractivity (Wildman–Crippen MR) is 85.1 cm³/mol. The van der Waals surface area contributed by atoms with Crippen molar-refractivity contribution in [2.75, 3.05) is 20.3 Å². The fraction of sp³-hybridized carbons (Fsp3) is 0.308. The van der Waals surface area contributed by atoms with Crippen LogP contribution < -0.4 is 5.32 Å². The molecule has 0 radical (unpaired) electrons. The molecule has 0 aliphatic carbocycles. The van der Waals surface area contributed by atoms with Gasteiger partial charge in [0.1, 0.15) is 5.03 Å². The Morgan fingerprint density at radius 1 is 1.40 bits per heavy atom. The molecular formula is C13H15N3OS3. The van der Waals surface area contributed by atoms with E-state index in [-0.39, 0.29) is 0 Å². The molecule has 20 heavy (non-hydrogen) atoms. The van der Waals surface area contributed by atoms with Gasteiger partial charge in [0, 0.05) is 31.8 Å². The van der Waals surface area contributed by atoms with E-state index in [4.69, 9.17) is 9.72 Å². The van der Waals surface area contributed by atoms with Crippen LogP contribution in [0.2, 0.25) is 0 Å². The second-order valence-electron chi connectivity index (χ2n) is 4.12. The third kappa shape index (κ3) is 3.07. The molecule has 0 atom stereocenters. The number of thiazole rings is 1. The van der Waals surface area contributed by atoms with Crippen molar-refractivity contribution in [3.8, 4) is 0 Å². The summed E-state index contributed by atoms with van der Waals surface area (Å²) in [5.74, 6) is 0. The van der Waals surface area contributed by atoms with Crippen LogP contribution in [0, 0.1) is 0 Å². The molecule has 0 aliphatic heterocycles. The molecule has 0 saturated heterocycles. The van der Waals surface area contributed by atoms with Crippen molar-refractivity contribution >= 4 is 39.4 Å². The van der Waals surface area contributed by atoms with E-state index in [2.05, 4.69) is 38.8 Å². The quantitative estimate of drug-likeness (QED) is 0.676. The first-order valence-corrected chi connectivity index (χ1v) is 8.81. The van der Waals surface area contributed by atoms with Gasteiger partial charge in [0.15, 0.2) is 4.96 Å². The molecule has 0 bridgehead atoms. The summed E-state index contributed by atoms with van der Waals surface area (Å²) in [6, 6.07) is 4.20. The Bertz CT molecular complexity index is 660. The fourth-order valence-electron chi connectivity index (χ4n) is 1.85. The summed E-state index contributed by atoms with van der Waals surface area (Å²) in [7, 11) is 1.72. The summed E-state index contributed by atoms with van der Waals surface area (Å²) in [6.07, 6.45) is 2.08.